The van der Waals surface area contributed by atoms with Crippen LogP contribution in [0.15, 0.2) is 29.2 Å². The molecule has 0 spiro atoms. The summed E-state index contributed by atoms with van der Waals surface area (Å²) in [5.41, 5.74) is 0.973. The summed E-state index contributed by atoms with van der Waals surface area (Å²) in [6, 6.07) is 6.48. The fourth-order valence-electron chi connectivity index (χ4n) is 6.20. The summed E-state index contributed by atoms with van der Waals surface area (Å²) in [5, 5.41) is 0. The van der Waals surface area contributed by atoms with Gasteiger partial charge in [0.05, 0.1) is 157 Å². The lowest BCUT2D eigenvalue weighted by molar-refractivity contribution is -0.145. The number of carbonyl (C=O) groups is 1. The molecule has 1 aromatic carbocycles. The number of unbranched alkanes of at least 4 members (excludes halogenated alkanes) is 14. The van der Waals surface area contributed by atoms with Crippen LogP contribution in [0.1, 0.15) is 115 Å². The summed E-state index contributed by atoms with van der Waals surface area (Å²) >= 11 is 0. The molecular formula is C49H90O16S. The van der Waals surface area contributed by atoms with E-state index in [-0.39, 0.29) is 30.7 Å². The first-order valence-corrected chi connectivity index (χ1v) is 26.3. The molecule has 66 heavy (non-hydrogen) atoms. The van der Waals surface area contributed by atoms with Crippen molar-refractivity contribution in [1.29, 1.82) is 0 Å². The average Bonchev–Trinajstić information content (AvgIpc) is 3.31. The van der Waals surface area contributed by atoms with Gasteiger partial charge in [-0.05, 0) is 25.5 Å². The van der Waals surface area contributed by atoms with Crippen molar-refractivity contribution in [2.45, 2.75) is 121 Å². The van der Waals surface area contributed by atoms with E-state index in [1.54, 1.807) is 12.1 Å². The summed E-state index contributed by atoms with van der Waals surface area (Å²) in [6.07, 6.45) is 20.1. The first-order valence-electron chi connectivity index (χ1n) is 24.9. The zero-order valence-corrected chi connectivity index (χ0v) is 41.9. The molecule has 0 fully saturated rings. The molecule has 17 heteroatoms. The van der Waals surface area contributed by atoms with Gasteiger partial charge in [-0.1, -0.05) is 115 Å². The Kier molecular flexibility index (Phi) is 46.7. The lowest BCUT2D eigenvalue weighted by Crippen LogP contribution is -2.16. The Bertz CT molecular complexity index is 1260. The molecular weight excluding hydrogens is 877 g/mol. The molecule has 16 nitrogen and oxygen atoms in total. The Hall–Kier alpha value is -1.84. The highest BCUT2D eigenvalue weighted by atomic mass is 32.2. The molecule has 0 aliphatic rings. The first-order chi connectivity index (χ1) is 32.5. The van der Waals surface area contributed by atoms with Crippen LogP contribution in [-0.4, -0.2) is 173 Å². The van der Waals surface area contributed by atoms with E-state index >= 15 is 0 Å². The molecule has 0 atom stereocenters. The third-order valence-corrected chi connectivity index (χ3v) is 11.3. The Morgan fingerprint density at radius 1 is 0.364 bits per heavy atom. The average molecular weight is 967 g/mol. The van der Waals surface area contributed by atoms with Crippen LogP contribution in [0.3, 0.4) is 0 Å². The first kappa shape index (κ1) is 62.2. The number of hydrogen-bond acceptors (Lipinski definition) is 16. The fraction of sp³-hybridized carbons (Fsp3) is 0.857. The predicted molar refractivity (Wildman–Crippen MR) is 254 cm³/mol. The topological polar surface area (TPSA) is 171 Å². The molecule has 0 saturated heterocycles. The Labute approximate surface area is 399 Å². The van der Waals surface area contributed by atoms with Crippen LogP contribution in [0.2, 0.25) is 0 Å². The molecule has 1 rings (SSSR count). The van der Waals surface area contributed by atoms with E-state index < -0.39 is 10.1 Å². The fourth-order valence-corrected chi connectivity index (χ4v) is 7.10. The number of carbonyl (C=O) groups excluding carboxylic acids is 1. The van der Waals surface area contributed by atoms with Gasteiger partial charge in [0.2, 0.25) is 0 Å². The van der Waals surface area contributed by atoms with Crippen molar-refractivity contribution in [3.8, 4) is 0 Å². The molecule has 0 saturated carbocycles. The molecule has 0 unspecified atom stereocenters. The number of esters is 1. The molecule has 0 heterocycles. The molecule has 0 amide bonds. The minimum absolute atomic E-state index is 0.0640. The Balaban J connectivity index is 1.65. The maximum Gasteiger partial charge on any atom is 0.305 e. The van der Waals surface area contributed by atoms with Crippen molar-refractivity contribution in [3.05, 3.63) is 29.8 Å². The van der Waals surface area contributed by atoms with Gasteiger partial charge in [-0.2, -0.15) is 8.42 Å². The van der Waals surface area contributed by atoms with Gasteiger partial charge in [-0.3, -0.25) is 8.98 Å². The summed E-state index contributed by atoms with van der Waals surface area (Å²) < 4.78 is 94.8. The van der Waals surface area contributed by atoms with Gasteiger partial charge in [0.25, 0.3) is 10.1 Å². The summed E-state index contributed by atoms with van der Waals surface area (Å²) in [4.78, 5) is 12.1. The molecule has 0 aliphatic carbocycles. The highest BCUT2D eigenvalue weighted by Crippen LogP contribution is 2.15. The summed E-state index contributed by atoms with van der Waals surface area (Å²) in [6.45, 7) is 13.9. The zero-order valence-electron chi connectivity index (χ0n) is 41.0. The van der Waals surface area contributed by atoms with Gasteiger partial charge < -0.3 is 56.8 Å². The molecule has 0 bridgehead atoms. The number of aryl methyl sites for hydroxylation is 1. The van der Waals surface area contributed by atoms with Gasteiger partial charge in [0.1, 0.15) is 6.61 Å². The highest BCUT2D eigenvalue weighted by molar-refractivity contribution is 7.86. The van der Waals surface area contributed by atoms with Crippen molar-refractivity contribution in [2.24, 2.45) is 0 Å². The van der Waals surface area contributed by atoms with Gasteiger partial charge >= 0.3 is 5.97 Å². The number of benzene rings is 1. The van der Waals surface area contributed by atoms with Crippen molar-refractivity contribution in [2.75, 3.05) is 159 Å². The quantitative estimate of drug-likeness (QED) is 0.0353. The molecule has 0 N–H and O–H groups in total. The third kappa shape index (κ3) is 44.7. The van der Waals surface area contributed by atoms with Crippen LogP contribution in [-0.2, 0) is 75.9 Å². The van der Waals surface area contributed by atoms with Gasteiger partial charge in [-0.15, -0.1) is 0 Å². The van der Waals surface area contributed by atoms with E-state index in [0.717, 1.165) is 18.4 Å². The molecule has 388 valence electrons. The number of rotatable bonds is 54. The smallest absolute Gasteiger partial charge is 0.305 e. The largest absolute Gasteiger partial charge is 0.463 e. The lowest BCUT2D eigenvalue weighted by atomic mass is 10.0. The highest BCUT2D eigenvalue weighted by Gasteiger charge is 2.14. The van der Waals surface area contributed by atoms with E-state index in [9.17, 15) is 13.2 Å². The van der Waals surface area contributed by atoms with Crippen LogP contribution in [0, 0.1) is 6.92 Å². The molecule has 0 aliphatic heterocycles. The molecule has 0 radical (unpaired) electrons. The van der Waals surface area contributed by atoms with Crippen LogP contribution < -0.4 is 0 Å². The molecule has 0 aromatic heterocycles. The van der Waals surface area contributed by atoms with Crippen LogP contribution in [0.5, 0.6) is 0 Å². The van der Waals surface area contributed by atoms with Crippen molar-refractivity contribution in [3.63, 3.8) is 0 Å². The van der Waals surface area contributed by atoms with Crippen molar-refractivity contribution < 1.29 is 74.2 Å². The second-order valence-corrected chi connectivity index (χ2v) is 17.4. The zero-order chi connectivity index (χ0) is 47.5. The Morgan fingerprint density at radius 3 is 0.924 bits per heavy atom. The van der Waals surface area contributed by atoms with Crippen LogP contribution in [0.4, 0.5) is 0 Å². The van der Waals surface area contributed by atoms with E-state index in [2.05, 4.69) is 6.92 Å². The SMILES string of the molecule is CCCCCCCCCCCCCCCCCC(=O)OCCOCCOCCOCCOCCOCCOCCOCCOCCOCCOCCOCCOS(=O)(=O)c1ccc(C)cc1. The van der Waals surface area contributed by atoms with E-state index in [1.165, 1.54) is 95.6 Å². The normalized spacial score (nSPS) is 11.8. The van der Waals surface area contributed by atoms with Crippen LogP contribution >= 0.6 is 0 Å². The molecule has 1 aromatic rings. The van der Waals surface area contributed by atoms with E-state index in [1.807, 2.05) is 6.92 Å². The Morgan fingerprint density at radius 2 is 0.621 bits per heavy atom. The summed E-state index contributed by atoms with van der Waals surface area (Å²) in [7, 11) is -3.78. The van der Waals surface area contributed by atoms with Gasteiger partial charge in [0, 0.05) is 6.42 Å². The number of ether oxygens (including phenoxy) is 12. The summed E-state index contributed by atoms with van der Waals surface area (Å²) in [5.74, 6) is -0.138. The van der Waals surface area contributed by atoms with Crippen LogP contribution in [0.25, 0.3) is 0 Å². The van der Waals surface area contributed by atoms with E-state index in [4.69, 9.17) is 61.0 Å². The monoisotopic (exact) mass is 967 g/mol. The maximum atomic E-state index is 12.1. The minimum Gasteiger partial charge on any atom is -0.463 e. The van der Waals surface area contributed by atoms with Crippen molar-refractivity contribution >= 4 is 16.1 Å². The number of hydrogen-bond donors (Lipinski definition) is 0. The van der Waals surface area contributed by atoms with Gasteiger partial charge in [-0.25, -0.2) is 0 Å². The maximum absolute atomic E-state index is 12.1. The minimum atomic E-state index is -3.78. The second kappa shape index (κ2) is 49.6. The lowest BCUT2D eigenvalue weighted by Gasteiger charge is -2.09. The van der Waals surface area contributed by atoms with E-state index in [0.29, 0.717) is 145 Å². The second-order valence-electron chi connectivity index (χ2n) is 15.7. The predicted octanol–water partition coefficient (Wildman–Crippen LogP) is 7.69. The van der Waals surface area contributed by atoms with Crippen molar-refractivity contribution in [1.82, 2.24) is 0 Å². The van der Waals surface area contributed by atoms with Gasteiger partial charge in [0.15, 0.2) is 0 Å². The third-order valence-electron chi connectivity index (χ3n) is 9.97. The standard InChI is InChI=1S/C49H90O16S/c1-3-4-5-6-7-8-9-10-11-12-13-14-15-16-17-18-49(50)64-45-43-62-41-39-60-37-35-58-33-31-56-29-27-54-25-23-53-24-26-55-28-30-57-32-34-59-36-38-61-40-42-63-44-46-65-66(51,52)48-21-19-47(2)20-22-48/h19-22H,3-18,23-46H2,1-2H3.